The summed E-state index contributed by atoms with van der Waals surface area (Å²) >= 11 is 7.51. The van der Waals surface area contributed by atoms with E-state index in [4.69, 9.17) is 11.6 Å². The highest BCUT2D eigenvalue weighted by Crippen LogP contribution is 2.19. The molecule has 168 valence electrons. The number of hydrogen-bond donors (Lipinski definition) is 1. The number of benzene rings is 2. The van der Waals surface area contributed by atoms with E-state index in [9.17, 15) is 14.0 Å². The molecule has 0 heterocycles. The fraction of sp³-hybridized carbons (Fsp3) is 0.417. The Morgan fingerprint density at radius 3 is 2.45 bits per heavy atom. The van der Waals surface area contributed by atoms with Gasteiger partial charge in [0, 0.05) is 23.9 Å². The molecule has 2 aromatic rings. The van der Waals surface area contributed by atoms with Gasteiger partial charge in [-0.25, -0.2) is 4.39 Å². The van der Waals surface area contributed by atoms with Crippen molar-refractivity contribution in [3.8, 4) is 0 Å². The summed E-state index contributed by atoms with van der Waals surface area (Å²) in [6.45, 7) is 6.75. The maximum absolute atomic E-state index is 13.3. The van der Waals surface area contributed by atoms with Gasteiger partial charge in [0.05, 0.1) is 5.75 Å². The molecule has 2 amide bonds. The fourth-order valence-electron chi connectivity index (χ4n) is 3.09. The van der Waals surface area contributed by atoms with E-state index in [1.54, 1.807) is 17.0 Å². The van der Waals surface area contributed by atoms with Gasteiger partial charge in [0.1, 0.15) is 11.9 Å². The van der Waals surface area contributed by atoms with Gasteiger partial charge in [-0.05, 0) is 47.7 Å². The van der Waals surface area contributed by atoms with Gasteiger partial charge in [-0.2, -0.15) is 0 Å². The third-order valence-electron chi connectivity index (χ3n) is 4.72. The van der Waals surface area contributed by atoms with Gasteiger partial charge >= 0.3 is 0 Å². The average molecular weight is 465 g/mol. The maximum Gasteiger partial charge on any atom is 0.242 e. The van der Waals surface area contributed by atoms with Gasteiger partial charge in [-0.3, -0.25) is 9.59 Å². The van der Waals surface area contributed by atoms with Crippen molar-refractivity contribution in [3.05, 3.63) is 70.5 Å². The monoisotopic (exact) mass is 464 g/mol. The van der Waals surface area contributed by atoms with Gasteiger partial charge in [0.15, 0.2) is 0 Å². The Labute approximate surface area is 193 Å². The predicted molar refractivity (Wildman–Crippen MR) is 126 cm³/mol. The maximum atomic E-state index is 13.3. The van der Waals surface area contributed by atoms with Crippen molar-refractivity contribution in [2.45, 2.75) is 45.5 Å². The van der Waals surface area contributed by atoms with Gasteiger partial charge in [0.25, 0.3) is 0 Å². The van der Waals surface area contributed by atoms with E-state index in [2.05, 4.69) is 5.32 Å². The number of carbonyl (C=O) groups is 2. The van der Waals surface area contributed by atoms with Crippen molar-refractivity contribution < 1.29 is 14.0 Å². The van der Waals surface area contributed by atoms with Crippen molar-refractivity contribution in [1.82, 2.24) is 10.2 Å². The first kappa shape index (κ1) is 25.2. The predicted octanol–water partition coefficient (Wildman–Crippen LogP) is 5.29. The molecule has 2 rings (SSSR count). The molecule has 0 spiro atoms. The molecule has 0 aliphatic rings. The van der Waals surface area contributed by atoms with Crippen LogP contribution in [0.25, 0.3) is 0 Å². The van der Waals surface area contributed by atoms with E-state index < -0.39 is 6.04 Å². The lowest BCUT2D eigenvalue weighted by Crippen LogP contribution is -2.50. The molecule has 7 heteroatoms. The number of thioether (sulfide) groups is 1. The van der Waals surface area contributed by atoms with Crippen LogP contribution in [0.2, 0.25) is 5.02 Å². The summed E-state index contributed by atoms with van der Waals surface area (Å²) < 4.78 is 13.3. The second-order valence-electron chi connectivity index (χ2n) is 7.83. The van der Waals surface area contributed by atoms with E-state index in [1.165, 1.54) is 23.9 Å². The molecule has 1 atom stereocenters. The number of carbonyl (C=O) groups excluding carboxylic acids is 2. The molecule has 0 saturated heterocycles. The van der Waals surface area contributed by atoms with Crippen molar-refractivity contribution >= 4 is 35.2 Å². The molecule has 0 aromatic heterocycles. The van der Waals surface area contributed by atoms with Crippen molar-refractivity contribution in [2.24, 2.45) is 5.92 Å². The van der Waals surface area contributed by atoms with Crippen molar-refractivity contribution in [2.75, 3.05) is 12.3 Å². The summed E-state index contributed by atoms with van der Waals surface area (Å²) in [7, 11) is 0. The third kappa shape index (κ3) is 8.54. The smallest absolute Gasteiger partial charge is 0.242 e. The highest BCUT2D eigenvalue weighted by atomic mass is 35.5. The van der Waals surface area contributed by atoms with Crippen LogP contribution in [0.4, 0.5) is 4.39 Å². The first-order valence-electron chi connectivity index (χ1n) is 10.4. The molecule has 0 aliphatic carbocycles. The second-order valence-corrected chi connectivity index (χ2v) is 9.26. The van der Waals surface area contributed by atoms with Crippen LogP contribution < -0.4 is 5.32 Å². The summed E-state index contributed by atoms with van der Waals surface area (Å²) in [6, 6.07) is 13.0. The van der Waals surface area contributed by atoms with Crippen LogP contribution in [0.3, 0.4) is 0 Å². The quantitative estimate of drug-likeness (QED) is 0.491. The van der Waals surface area contributed by atoms with Crippen LogP contribution in [0.5, 0.6) is 0 Å². The minimum absolute atomic E-state index is 0.122. The Morgan fingerprint density at radius 1 is 1.13 bits per heavy atom. The average Bonchev–Trinajstić information content (AvgIpc) is 2.73. The molecule has 0 bridgehead atoms. The van der Waals surface area contributed by atoms with Gasteiger partial charge in [-0.1, -0.05) is 56.6 Å². The largest absolute Gasteiger partial charge is 0.354 e. The summed E-state index contributed by atoms with van der Waals surface area (Å²) in [4.78, 5) is 27.6. The van der Waals surface area contributed by atoms with Gasteiger partial charge < -0.3 is 10.2 Å². The normalized spacial score (nSPS) is 11.9. The number of rotatable bonds is 11. The van der Waals surface area contributed by atoms with Crippen LogP contribution in [0.15, 0.2) is 48.5 Å². The van der Waals surface area contributed by atoms with Crippen molar-refractivity contribution in [3.63, 3.8) is 0 Å². The Balaban J connectivity index is 2.11. The van der Waals surface area contributed by atoms with Crippen LogP contribution in [0.1, 0.15) is 38.3 Å². The van der Waals surface area contributed by atoms with Crippen LogP contribution >= 0.6 is 23.4 Å². The Hall–Kier alpha value is -2.05. The lowest BCUT2D eigenvalue weighted by Gasteiger charge is -2.31. The molecule has 2 aromatic carbocycles. The second kappa shape index (κ2) is 12.7. The topological polar surface area (TPSA) is 49.4 Å². The number of amides is 2. The summed E-state index contributed by atoms with van der Waals surface area (Å²) in [5.74, 6) is 0.583. The van der Waals surface area contributed by atoms with E-state index in [1.807, 2.05) is 45.0 Å². The molecule has 0 radical (unpaired) electrons. The minimum Gasteiger partial charge on any atom is -0.354 e. The Bertz CT molecular complexity index is 861. The molecule has 0 aliphatic heterocycles. The number of nitrogens with one attached hydrogen (secondary N) is 1. The van der Waals surface area contributed by atoms with Gasteiger partial charge in [-0.15, -0.1) is 11.8 Å². The van der Waals surface area contributed by atoms with Crippen LogP contribution in [-0.4, -0.2) is 35.1 Å². The summed E-state index contributed by atoms with van der Waals surface area (Å²) in [5.41, 5.74) is 1.82. The molecular formula is C24H30ClFN2O2S. The first-order chi connectivity index (χ1) is 14.8. The number of halogens is 2. The number of hydrogen-bond acceptors (Lipinski definition) is 3. The zero-order valence-electron chi connectivity index (χ0n) is 18.2. The molecule has 0 unspecified atom stereocenters. The summed E-state index contributed by atoms with van der Waals surface area (Å²) in [6.07, 6.45) is 0.496. The lowest BCUT2D eigenvalue weighted by atomic mass is 10.1. The molecule has 31 heavy (non-hydrogen) atoms. The standard InChI is InChI=1S/C24H30ClFN2O2S/c1-4-22(24(30)27-13-17(2)3)28(14-18-8-10-21(26)11-9-18)23(29)16-31-15-19-6-5-7-20(25)12-19/h5-12,17,22H,4,13-16H2,1-3H3,(H,27,30)/t22-/m0/s1. The minimum atomic E-state index is -0.580. The molecular weight excluding hydrogens is 435 g/mol. The Kier molecular flexibility index (Phi) is 10.3. The third-order valence-corrected chi connectivity index (χ3v) is 5.94. The van der Waals surface area contributed by atoms with Crippen molar-refractivity contribution in [1.29, 1.82) is 0 Å². The molecule has 1 N–H and O–H groups in total. The first-order valence-corrected chi connectivity index (χ1v) is 12.0. The van der Waals surface area contributed by atoms with E-state index in [0.717, 1.165) is 11.1 Å². The van der Waals surface area contributed by atoms with Crippen LogP contribution in [0, 0.1) is 11.7 Å². The van der Waals surface area contributed by atoms with Crippen LogP contribution in [-0.2, 0) is 21.9 Å². The Morgan fingerprint density at radius 2 is 1.84 bits per heavy atom. The van der Waals surface area contributed by atoms with E-state index in [0.29, 0.717) is 29.7 Å². The SMILES string of the molecule is CC[C@@H](C(=O)NCC(C)C)N(Cc1ccc(F)cc1)C(=O)CSCc1cccc(Cl)c1. The molecule has 0 saturated carbocycles. The summed E-state index contributed by atoms with van der Waals surface area (Å²) in [5, 5.41) is 3.60. The molecule has 4 nitrogen and oxygen atoms in total. The van der Waals surface area contributed by atoms with E-state index >= 15 is 0 Å². The highest BCUT2D eigenvalue weighted by Gasteiger charge is 2.28. The van der Waals surface area contributed by atoms with Gasteiger partial charge in [0.2, 0.25) is 11.8 Å². The molecule has 0 fully saturated rings. The number of nitrogens with zero attached hydrogens (tertiary/aromatic N) is 1. The lowest BCUT2D eigenvalue weighted by molar-refractivity contribution is -0.139. The highest BCUT2D eigenvalue weighted by molar-refractivity contribution is 7.99. The zero-order chi connectivity index (χ0) is 22.8. The zero-order valence-corrected chi connectivity index (χ0v) is 19.8. The fourth-order valence-corrected chi connectivity index (χ4v) is 4.17. The van der Waals surface area contributed by atoms with E-state index in [-0.39, 0.29) is 29.9 Å².